The minimum absolute atomic E-state index is 0.0237. The van der Waals surface area contributed by atoms with Gasteiger partial charge in [0, 0.05) is 6.42 Å². The summed E-state index contributed by atoms with van der Waals surface area (Å²) in [7, 11) is 0. The molecule has 0 aliphatic heterocycles. The zero-order chi connectivity index (χ0) is 15.0. The van der Waals surface area contributed by atoms with Gasteiger partial charge in [-0.15, -0.1) is 0 Å². The maximum Gasteiger partial charge on any atom is 0.311 e. The molecule has 4 heteroatoms. The molecule has 0 aliphatic carbocycles. The van der Waals surface area contributed by atoms with E-state index in [1.807, 2.05) is 30.3 Å². The Kier molecular flexibility index (Phi) is 6.22. The van der Waals surface area contributed by atoms with E-state index in [2.05, 4.69) is 0 Å². The summed E-state index contributed by atoms with van der Waals surface area (Å²) in [5.74, 6) is -1.20. The smallest absolute Gasteiger partial charge is 0.311 e. The van der Waals surface area contributed by atoms with E-state index < -0.39 is 11.4 Å². The number of carbonyl (C=O) groups is 2. The van der Waals surface area contributed by atoms with Gasteiger partial charge in [0.25, 0.3) is 0 Å². The molecule has 0 radical (unpaired) electrons. The van der Waals surface area contributed by atoms with Crippen LogP contribution >= 0.6 is 0 Å². The van der Waals surface area contributed by atoms with Crippen LogP contribution in [0.4, 0.5) is 0 Å². The van der Waals surface area contributed by atoms with E-state index in [1.54, 1.807) is 13.8 Å². The number of benzene rings is 1. The van der Waals surface area contributed by atoms with Crippen LogP contribution in [0.3, 0.4) is 0 Å². The minimum atomic E-state index is -0.889. The molecule has 4 nitrogen and oxygen atoms in total. The van der Waals surface area contributed by atoms with Crippen molar-refractivity contribution >= 4 is 11.9 Å². The number of carboxylic acids is 1. The largest absolute Gasteiger partial charge is 0.481 e. The van der Waals surface area contributed by atoms with Crippen LogP contribution in [0.5, 0.6) is 0 Å². The van der Waals surface area contributed by atoms with Crippen LogP contribution in [0.1, 0.15) is 38.7 Å². The molecule has 0 fully saturated rings. The van der Waals surface area contributed by atoms with E-state index in [9.17, 15) is 9.59 Å². The molecule has 1 unspecified atom stereocenters. The Balaban J connectivity index is 2.71. The van der Waals surface area contributed by atoms with Gasteiger partial charge in [0.05, 0.1) is 12.0 Å². The van der Waals surface area contributed by atoms with Crippen LogP contribution in [0.25, 0.3) is 0 Å². The minimum Gasteiger partial charge on any atom is -0.481 e. The van der Waals surface area contributed by atoms with E-state index >= 15 is 0 Å². The van der Waals surface area contributed by atoms with Crippen molar-refractivity contribution in [3.05, 3.63) is 35.9 Å². The monoisotopic (exact) mass is 278 g/mol. The Morgan fingerprint density at radius 1 is 1.20 bits per heavy atom. The van der Waals surface area contributed by atoms with Gasteiger partial charge in [-0.1, -0.05) is 30.3 Å². The molecule has 0 spiro atoms. The number of hydrogen-bond donors (Lipinski definition) is 1. The molecule has 0 amide bonds. The number of rotatable bonds is 8. The number of carbonyl (C=O) groups excluding carboxylic acids is 1. The summed E-state index contributed by atoms with van der Waals surface area (Å²) in [6, 6.07) is 9.85. The number of hydrogen-bond acceptors (Lipinski definition) is 3. The Labute approximate surface area is 119 Å². The molecule has 0 aromatic heterocycles. The molecule has 1 aromatic rings. The fraction of sp³-hybridized carbons (Fsp3) is 0.500. The normalized spacial score (nSPS) is 13.5. The van der Waals surface area contributed by atoms with E-state index in [0.29, 0.717) is 19.4 Å². The zero-order valence-electron chi connectivity index (χ0n) is 12.1. The lowest BCUT2D eigenvalue weighted by Gasteiger charge is -2.26. The van der Waals surface area contributed by atoms with Gasteiger partial charge in [-0.3, -0.25) is 9.59 Å². The summed E-state index contributed by atoms with van der Waals surface area (Å²) in [5, 5.41) is 8.82. The quantitative estimate of drug-likeness (QED) is 0.742. The number of esters is 1. The molecule has 1 rings (SSSR count). The first-order chi connectivity index (χ1) is 9.48. The summed E-state index contributed by atoms with van der Waals surface area (Å²) in [5.41, 5.74) is 0.392. The van der Waals surface area contributed by atoms with Gasteiger partial charge in [0.2, 0.25) is 0 Å². The fourth-order valence-corrected chi connectivity index (χ4v) is 2.08. The fourth-order valence-electron chi connectivity index (χ4n) is 2.08. The lowest BCUT2D eigenvalue weighted by Crippen LogP contribution is -2.31. The van der Waals surface area contributed by atoms with Gasteiger partial charge in [-0.25, -0.2) is 0 Å². The Morgan fingerprint density at radius 2 is 1.85 bits per heavy atom. The molecular formula is C16H22O4. The van der Waals surface area contributed by atoms with Crippen molar-refractivity contribution in [2.75, 3.05) is 6.61 Å². The summed E-state index contributed by atoms with van der Waals surface area (Å²) < 4.78 is 5.10. The Bertz CT molecular complexity index is 441. The summed E-state index contributed by atoms with van der Waals surface area (Å²) in [4.78, 5) is 22.8. The average molecular weight is 278 g/mol. The first-order valence-electron chi connectivity index (χ1n) is 6.91. The molecule has 0 heterocycles. The topological polar surface area (TPSA) is 63.6 Å². The highest BCUT2D eigenvalue weighted by Crippen LogP contribution is 2.31. The van der Waals surface area contributed by atoms with Crippen molar-refractivity contribution in [1.82, 2.24) is 0 Å². The first-order valence-corrected chi connectivity index (χ1v) is 6.91. The molecule has 110 valence electrons. The molecule has 0 bridgehead atoms. The van der Waals surface area contributed by atoms with Crippen LogP contribution in [-0.4, -0.2) is 23.7 Å². The Hall–Kier alpha value is -1.84. The first kappa shape index (κ1) is 16.2. The highest BCUT2D eigenvalue weighted by Gasteiger charge is 2.34. The van der Waals surface area contributed by atoms with Crippen molar-refractivity contribution in [2.45, 2.75) is 39.5 Å². The average Bonchev–Trinajstić information content (AvgIpc) is 2.44. The van der Waals surface area contributed by atoms with Crippen LogP contribution < -0.4 is 0 Å². The molecule has 20 heavy (non-hydrogen) atoms. The van der Waals surface area contributed by atoms with Gasteiger partial charge in [0.1, 0.15) is 0 Å². The van der Waals surface area contributed by atoms with E-state index in [0.717, 1.165) is 12.0 Å². The standard InChI is InChI=1S/C16H22O4/c1-3-20-15(19)16(2,12-10-14(17)18)11-9-13-7-5-4-6-8-13/h4-8H,3,9-12H2,1-2H3,(H,17,18). The molecule has 0 saturated heterocycles. The number of aliphatic carboxylic acids is 1. The molecular weight excluding hydrogens is 256 g/mol. The third-order valence-electron chi connectivity index (χ3n) is 3.47. The van der Waals surface area contributed by atoms with E-state index in [-0.39, 0.29) is 12.4 Å². The molecule has 1 atom stereocenters. The van der Waals surface area contributed by atoms with Crippen molar-refractivity contribution in [3.63, 3.8) is 0 Å². The maximum absolute atomic E-state index is 12.1. The SMILES string of the molecule is CCOC(=O)C(C)(CCC(=O)O)CCc1ccccc1. The molecule has 0 saturated carbocycles. The lowest BCUT2D eigenvalue weighted by atomic mass is 9.80. The van der Waals surface area contributed by atoms with E-state index in [4.69, 9.17) is 9.84 Å². The third kappa shape index (κ3) is 5.03. The van der Waals surface area contributed by atoms with Gasteiger partial charge < -0.3 is 9.84 Å². The summed E-state index contributed by atoms with van der Waals surface area (Å²) >= 11 is 0. The predicted octanol–water partition coefficient (Wildman–Crippen LogP) is 3.05. The lowest BCUT2D eigenvalue weighted by molar-refractivity contribution is -0.155. The second kappa shape index (κ2) is 7.68. The second-order valence-electron chi connectivity index (χ2n) is 5.16. The number of carboxylic acid groups (broad SMARTS) is 1. The van der Waals surface area contributed by atoms with Crippen molar-refractivity contribution in [2.24, 2.45) is 5.41 Å². The predicted molar refractivity (Wildman–Crippen MR) is 76.4 cm³/mol. The highest BCUT2D eigenvalue weighted by atomic mass is 16.5. The van der Waals surface area contributed by atoms with Crippen molar-refractivity contribution in [1.29, 1.82) is 0 Å². The van der Waals surface area contributed by atoms with Crippen LogP contribution in [0, 0.1) is 5.41 Å². The second-order valence-corrected chi connectivity index (χ2v) is 5.16. The number of aryl methyl sites for hydroxylation is 1. The summed E-state index contributed by atoms with van der Waals surface area (Å²) in [6.07, 6.45) is 1.59. The maximum atomic E-state index is 12.1. The van der Waals surface area contributed by atoms with Crippen LogP contribution in [0.2, 0.25) is 0 Å². The highest BCUT2D eigenvalue weighted by molar-refractivity contribution is 5.77. The number of ether oxygens (including phenoxy) is 1. The third-order valence-corrected chi connectivity index (χ3v) is 3.47. The Morgan fingerprint density at radius 3 is 2.40 bits per heavy atom. The van der Waals surface area contributed by atoms with Crippen LogP contribution in [0.15, 0.2) is 30.3 Å². The molecule has 1 aromatic carbocycles. The van der Waals surface area contributed by atoms with Crippen molar-refractivity contribution in [3.8, 4) is 0 Å². The molecule has 1 N–H and O–H groups in total. The molecule has 0 aliphatic rings. The van der Waals surface area contributed by atoms with Crippen molar-refractivity contribution < 1.29 is 19.4 Å². The van der Waals surface area contributed by atoms with E-state index in [1.165, 1.54) is 0 Å². The van der Waals surface area contributed by atoms with Gasteiger partial charge >= 0.3 is 11.9 Å². The zero-order valence-corrected chi connectivity index (χ0v) is 12.1. The van der Waals surface area contributed by atoms with Gasteiger partial charge in [0.15, 0.2) is 0 Å². The van der Waals surface area contributed by atoms with Gasteiger partial charge in [-0.2, -0.15) is 0 Å². The summed E-state index contributed by atoms with van der Waals surface area (Å²) in [6.45, 7) is 3.86. The van der Waals surface area contributed by atoms with Crippen LogP contribution in [-0.2, 0) is 20.7 Å². The van der Waals surface area contributed by atoms with Gasteiger partial charge in [-0.05, 0) is 38.7 Å².